The first-order valence-corrected chi connectivity index (χ1v) is 6.86. The molecule has 0 unspecified atom stereocenters. The molecule has 0 bridgehead atoms. The highest BCUT2D eigenvalue weighted by Crippen LogP contribution is 2.24. The molecule has 1 aromatic heterocycles. The van der Waals surface area contributed by atoms with E-state index in [1.807, 2.05) is 31.2 Å². The lowest BCUT2D eigenvalue weighted by molar-refractivity contribution is 0.275. The Balaban J connectivity index is 2.06. The molecule has 0 saturated carbocycles. The van der Waals surface area contributed by atoms with Gasteiger partial charge >= 0.3 is 0 Å². The molecule has 1 N–H and O–H groups in total. The molecule has 1 heterocycles. The first-order chi connectivity index (χ1) is 8.69. The number of aliphatic hydroxyl groups is 1. The highest BCUT2D eigenvalue weighted by Gasteiger charge is 2.04. The van der Waals surface area contributed by atoms with Crippen LogP contribution >= 0.6 is 23.4 Å². The average molecular weight is 281 g/mol. The second-order valence-electron chi connectivity index (χ2n) is 3.82. The number of aromatic nitrogens is 2. The summed E-state index contributed by atoms with van der Waals surface area (Å²) in [7, 11) is 0. The fourth-order valence-corrected chi connectivity index (χ4v) is 2.53. The molecule has 5 heteroatoms. The third-order valence-electron chi connectivity index (χ3n) is 2.44. The Morgan fingerprint density at radius 2 is 2.22 bits per heavy atom. The van der Waals surface area contributed by atoms with Gasteiger partial charge in [-0.15, -0.1) is 11.8 Å². The monoisotopic (exact) mass is 280 g/mol. The molecule has 3 nitrogen and oxygen atoms in total. The zero-order chi connectivity index (χ0) is 13.0. The van der Waals surface area contributed by atoms with Crippen LogP contribution in [0.5, 0.6) is 0 Å². The van der Waals surface area contributed by atoms with E-state index in [1.54, 1.807) is 18.0 Å². The Bertz CT molecular complexity index is 548. The van der Waals surface area contributed by atoms with Crippen LogP contribution in [0.4, 0.5) is 0 Å². The summed E-state index contributed by atoms with van der Waals surface area (Å²) in [6.07, 6.45) is 1.74. The number of thioether (sulfide) groups is 1. The summed E-state index contributed by atoms with van der Waals surface area (Å²) in [4.78, 5) is 9.64. The largest absolute Gasteiger partial charge is 0.390 e. The number of benzene rings is 1. The minimum Gasteiger partial charge on any atom is -0.390 e. The van der Waals surface area contributed by atoms with Crippen molar-refractivity contribution in [1.29, 1.82) is 0 Å². The number of halogens is 1. The van der Waals surface area contributed by atoms with Crippen molar-refractivity contribution >= 4 is 23.4 Å². The Morgan fingerprint density at radius 1 is 1.39 bits per heavy atom. The fourth-order valence-electron chi connectivity index (χ4n) is 1.45. The lowest BCUT2D eigenvalue weighted by Crippen LogP contribution is -2.00. The average Bonchev–Trinajstić information content (AvgIpc) is 2.38. The third-order valence-corrected chi connectivity index (χ3v) is 3.67. The minimum absolute atomic E-state index is 0.0524. The molecule has 0 atom stereocenters. The van der Waals surface area contributed by atoms with Crippen LogP contribution in [-0.4, -0.2) is 15.1 Å². The van der Waals surface area contributed by atoms with Crippen LogP contribution in [0.1, 0.15) is 17.1 Å². The standard InChI is InChI=1S/C13H13ClN2OS/c1-9-6-15-13(16-12(9)7-17)8-18-11-4-2-3-10(14)5-11/h2-6,17H,7-8H2,1H3. The van der Waals surface area contributed by atoms with E-state index in [0.717, 1.165) is 21.3 Å². The Labute approximate surface area is 115 Å². The lowest BCUT2D eigenvalue weighted by atomic mass is 10.2. The number of hydrogen-bond acceptors (Lipinski definition) is 4. The molecule has 0 fully saturated rings. The molecule has 0 aliphatic carbocycles. The summed E-state index contributed by atoms with van der Waals surface area (Å²) >= 11 is 7.54. The summed E-state index contributed by atoms with van der Waals surface area (Å²) < 4.78 is 0. The van der Waals surface area contributed by atoms with E-state index >= 15 is 0 Å². The van der Waals surface area contributed by atoms with Crippen LogP contribution in [0.25, 0.3) is 0 Å². The molecule has 0 aliphatic heterocycles. The van der Waals surface area contributed by atoms with Gasteiger partial charge in [0.1, 0.15) is 5.82 Å². The number of aryl methyl sites for hydroxylation is 1. The van der Waals surface area contributed by atoms with E-state index in [0.29, 0.717) is 11.4 Å². The molecule has 2 rings (SSSR count). The van der Waals surface area contributed by atoms with E-state index in [4.69, 9.17) is 16.7 Å². The highest BCUT2D eigenvalue weighted by atomic mass is 35.5. The maximum Gasteiger partial charge on any atom is 0.138 e. The quantitative estimate of drug-likeness (QED) is 0.874. The van der Waals surface area contributed by atoms with Crippen molar-refractivity contribution in [2.45, 2.75) is 24.2 Å². The zero-order valence-electron chi connectivity index (χ0n) is 9.93. The van der Waals surface area contributed by atoms with Crippen molar-refractivity contribution in [3.05, 3.63) is 52.6 Å². The predicted octanol–water partition coefficient (Wildman–Crippen LogP) is 3.22. The number of hydrogen-bond donors (Lipinski definition) is 1. The smallest absolute Gasteiger partial charge is 0.138 e. The van der Waals surface area contributed by atoms with Gasteiger partial charge in [-0.25, -0.2) is 9.97 Å². The van der Waals surface area contributed by atoms with E-state index in [9.17, 15) is 0 Å². The van der Waals surface area contributed by atoms with Crippen molar-refractivity contribution in [3.8, 4) is 0 Å². The molecular weight excluding hydrogens is 268 g/mol. The molecule has 1 aromatic carbocycles. The molecule has 2 aromatic rings. The number of nitrogens with zero attached hydrogens (tertiary/aromatic N) is 2. The first-order valence-electron chi connectivity index (χ1n) is 5.49. The van der Waals surface area contributed by atoms with Gasteiger partial charge in [0.25, 0.3) is 0 Å². The summed E-state index contributed by atoms with van der Waals surface area (Å²) in [5.41, 5.74) is 1.60. The third kappa shape index (κ3) is 3.45. The Kier molecular flexibility index (Phi) is 4.58. The van der Waals surface area contributed by atoms with Crippen LogP contribution in [0.15, 0.2) is 35.4 Å². The molecule has 18 heavy (non-hydrogen) atoms. The van der Waals surface area contributed by atoms with Gasteiger partial charge < -0.3 is 5.11 Å². The van der Waals surface area contributed by atoms with Gasteiger partial charge in [-0.3, -0.25) is 0 Å². The van der Waals surface area contributed by atoms with Crippen molar-refractivity contribution in [3.63, 3.8) is 0 Å². The summed E-state index contributed by atoms with van der Waals surface area (Å²) in [6, 6.07) is 7.67. The Morgan fingerprint density at radius 3 is 2.94 bits per heavy atom. The topological polar surface area (TPSA) is 46.0 Å². The predicted molar refractivity (Wildman–Crippen MR) is 73.7 cm³/mol. The van der Waals surface area contributed by atoms with Crippen molar-refractivity contribution in [2.24, 2.45) is 0 Å². The molecule has 0 radical (unpaired) electrons. The van der Waals surface area contributed by atoms with Gasteiger partial charge in [-0.1, -0.05) is 17.7 Å². The van der Waals surface area contributed by atoms with Crippen molar-refractivity contribution in [2.75, 3.05) is 0 Å². The van der Waals surface area contributed by atoms with Gasteiger partial charge in [0, 0.05) is 16.1 Å². The highest BCUT2D eigenvalue weighted by molar-refractivity contribution is 7.98. The molecule has 0 saturated heterocycles. The Hall–Kier alpha value is -1.10. The molecule has 94 valence electrons. The van der Waals surface area contributed by atoms with Crippen LogP contribution in [0, 0.1) is 6.92 Å². The van der Waals surface area contributed by atoms with Crippen LogP contribution in [0.2, 0.25) is 5.02 Å². The maximum absolute atomic E-state index is 9.15. The summed E-state index contributed by atoms with van der Waals surface area (Å²) in [6.45, 7) is 1.84. The van der Waals surface area contributed by atoms with E-state index < -0.39 is 0 Å². The normalized spacial score (nSPS) is 10.6. The zero-order valence-corrected chi connectivity index (χ0v) is 11.5. The fraction of sp³-hybridized carbons (Fsp3) is 0.231. The van der Waals surface area contributed by atoms with Gasteiger partial charge in [-0.05, 0) is 30.7 Å². The number of rotatable bonds is 4. The second kappa shape index (κ2) is 6.18. The maximum atomic E-state index is 9.15. The molecule has 0 spiro atoms. The van der Waals surface area contributed by atoms with Crippen molar-refractivity contribution < 1.29 is 5.11 Å². The van der Waals surface area contributed by atoms with E-state index in [-0.39, 0.29) is 6.61 Å². The summed E-state index contributed by atoms with van der Waals surface area (Å²) in [5, 5.41) is 9.87. The minimum atomic E-state index is -0.0524. The van der Waals surface area contributed by atoms with Gasteiger partial charge in [0.2, 0.25) is 0 Å². The second-order valence-corrected chi connectivity index (χ2v) is 5.31. The van der Waals surface area contributed by atoms with E-state index in [2.05, 4.69) is 9.97 Å². The SMILES string of the molecule is Cc1cnc(CSc2cccc(Cl)c2)nc1CO. The van der Waals surface area contributed by atoms with Gasteiger partial charge in [0.05, 0.1) is 18.1 Å². The number of aliphatic hydroxyl groups excluding tert-OH is 1. The molecular formula is C13H13ClN2OS. The van der Waals surface area contributed by atoms with Crippen LogP contribution in [0.3, 0.4) is 0 Å². The van der Waals surface area contributed by atoms with Crippen LogP contribution < -0.4 is 0 Å². The van der Waals surface area contributed by atoms with Crippen LogP contribution in [-0.2, 0) is 12.4 Å². The van der Waals surface area contributed by atoms with Gasteiger partial charge in [0.15, 0.2) is 0 Å². The van der Waals surface area contributed by atoms with Crippen molar-refractivity contribution in [1.82, 2.24) is 9.97 Å². The molecule has 0 aliphatic rings. The van der Waals surface area contributed by atoms with Gasteiger partial charge in [-0.2, -0.15) is 0 Å². The van der Waals surface area contributed by atoms with E-state index in [1.165, 1.54) is 0 Å². The molecule has 0 amide bonds. The first kappa shape index (κ1) is 13.3. The lowest BCUT2D eigenvalue weighted by Gasteiger charge is -2.05. The summed E-state index contributed by atoms with van der Waals surface area (Å²) in [5.74, 6) is 1.38.